The molecule has 11 heavy (non-hydrogen) atoms. The van der Waals surface area contributed by atoms with E-state index in [-0.39, 0.29) is 12.8 Å². The molecule has 0 saturated heterocycles. The Labute approximate surface area is 62.4 Å². The van der Waals surface area contributed by atoms with Crippen molar-refractivity contribution < 1.29 is 19.1 Å². The predicted molar refractivity (Wildman–Crippen MR) is 34.1 cm³/mol. The third-order valence-corrected chi connectivity index (χ3v) is 1.75. The van der Waals surface area contributed by atoms with Gasteiger partial charge in [0, 0.05) is 12.8 Å². The molecule has 4 nitrogen and oxygen atoms in total. The lowest BCUT2D eigenvalue weighted by atomic mass is 9.76. The van der Waals surface area contributed by atoms with Crippen molar-refractivity contribution in [3.8, 4) is 0 Å². The number of carboxylic acid groups (broad SMARTS) is 1. The standard InChI is InChI=1S/C6H8FNO3/c7-4-1-6(2-4,3-9)8-5(10)11/h3-4,8H,1-2H2,(H,10,11). The molecule has 0 aromatic carbocycles. The van der Waals surface area contributed by atoms with Gasteiger partial charge in [0.15, 0.2) is 0 Å². The number of halogens is 1. The maximum absolute atomic E-state index is 12.3. The molecule has 1 aliphatic carbocycles. The number of aldehydes is 1. The van der Waals surface area contributed by atoms with E-state index in [0.29, 0.717) is 6.29 Å². The smallest absolute Gasteiger partial charge is 0.405 e. The van der Waals surface area contributed by atoms with Crippen LogP contribution in [0.5, 0.6) is 0 Å². The fourth-order valence-electron chi connectivity index (χ4n) is 1.17. The van der Waals surface area contributed by atoms with Crippen LogP contribution in [0.15, 0.2) is 0 Å². The lowest BCUT2D eigenvalue weighted by Gasteiger charge is -2.38. The van der Waals surface area contributed by atoms with E-state index in [1.165, 1.54) is 0 Å². The van der Waals surface area contributed by atoms with Gasteiger partial charge in [-0.2, -0.15) is 0 Å². The molecule has 0 aliphatic heterocycles. The lowest BCUT2D eigenvalue weighted by Crippen LogP contribution is -2.59. The minimum atomic E-state index is -1.29. The van der Waals surface area contributed by atoms with Crippen LogP contribution < -0.4 is 5.32 Å². The summed E-state index contributed by atoms with van der Waals surface area (Å²) in [5.41, 5.74) is -1.15. The van der Waals surface area contributed by atoms with E-state index in [4.69, 9.17) is 5.11 Å². The van der Waals surface area contributed by atoms with E-state index >= 15 is 0 Å². The maximum atomic E-state index is 12.3. The highest BCUT2D eigenvalue weighted by Crippen LogP contribution is 2.32. The number of carbonyl (C=O) groups excluding carboxylic acids is 1. The highest BCUT2D eigenvalue weighted by atomic mass is 19.1. The van der Waals surface area contributed by atoms with Crippen LogP contribution in [0.2, 0.25) is 0 Å². The minimum absolute atomic E-state index is 0.0389. The Morgan fingerprint density at radius 2 is 2.27 bits per heavy atom. The Morgan fingerprint density at radius 3 is 2.55 bits per heavy atom. The van der Waals surface area contributed by atoms with Crippen molar-refractivity contribution in [2.24, 2.45) is 0 Å². The monoisotopic (exact) mass is 161 g/mol. The van der Waals surface area contributed by atoms with Crippen molar-refractivity contribution in [1.82, 2.24) is 5.32 Å². The Hall–Kier alpha value is -1.13. The van der Waals surface area contributed by atoms with E-state index in [0.717, 1.165) is 0 Å². The van der Waals surface area contributed by atoms with Crippen molar-refractivity contribution in [2.45, 2.75) is 24.6 Å². The molecule has 0 spiro atoms. The zero-order chi connectivity index (χ0) is 8.48. The molecular weight excluding hydrogens is 153 g/mol. The molecule has 0 heterocycles. The summed E-state index contributed by atoms with van der Waals surface area (Å²) in [6.07, 6.45) is -1.96. The highest BCUT2D eigenvalue weighted by Gasteiger charge is 2.46. The Morgan fingerprint density at radius 1 is 1.73 bits per heavy atom. The fourth-order valence-corrected chi connectivity index (χ4v) is 1.17. The van der Waals surface area contributed by atoms with Gasteiger partial charge < -0.3 is 15.2 Å². The first-order valence-corrected chi connectivity index (χ1v) is 3.19. The molecule has 2 N–H and O–H groups in total. The average molecular weight is 161 g/mol. The zero-order valence-electron chi connectivity index (χ0n) is 5.71. The third kappa shape index (κ3) is 1.47. The van der Waals surface area contributed by atoms with Gasteiger partial charge in [0.1, 0.15) is 18.0 Å². The van der Waals surface area contributed by atoms with E-state index in [9.17, 15) is 14.0 Å². The van der Waals surface area contributed by atoms with Crippen LogP contribution in [-0.2, 0) is 4.79 Å². The van der Waals surface area contributed by atoms with Crippen LogP contribution >= 0.6 is 0 Å². The summed E-state index contributed by atoms with van der Waals surface area (Å²) < 4.78 is 12.3. The molecule has 1 rings (SSSR count). The Kier molecular flexibility index (Phi) is 1.80. The second-order valence-electron chi connectivity index (χ2n) is 2.71. The predicted octanol–water partition coefficient (Wildman–Crippen LogP) is 0.324. The second-order valence-corrected chi connectivity index (χ2v) is 2.71. The molecular formula is C6H8FNO3. The largest absolute Gasteiger partial charge is 0.465 e. The molecule has 0 radical (unpaired) electrons. The van der Waals surface area contributed by atoms with Crippen molar-refractivity contribution >= 4 is 12.4 Å². The number of carbonyl (C=O) groups is 2. The molecule has 0 aromatic rings. The van der Waals surface area contributed by atoms with Gasteiger partial charge >= 0.3 is 6.09 Å². The van der Waals surface area contributed by atoms with Crippen LogP contribution in [0.4, 0.5) is 9.18 Å². The summed E-state index contributed by atoms with van der Waals surface area (Å²) in [5, 5.41) is 10.2. The molecule has 1 amide bonds. The maximum Gasteiger partial charge on any atom is 0.405 e. The number of rotatable bonds is 2. The SMILES string of the molecule is O=CC1(NC(=O)O)CC(F)C1. The molecule has 0 aromatic heterocycles. The summed E-state index contributed by atoms with van der Waals surface area (Å²) in [4.78, 5) is 20.4. The normalized spacial score (nSPS) is 35.5. The van der Waals surface area contributed by atoms with E-state index in [1.807, 2.05) is 5.32 Å². The van der Waals surface area contributed by atoms with Crippen LogP contribution in [-0.4, -0.2) is 29.2 Å². The quantitative estimate of drug-likeness (QED) is 0.573. The third-order valence-electron chi connectivity index (χ3n) is 1.75. The topological polar surface area (TPSA) is 66.4 Å². The lowest BCUT2D eigenvalue weighted by molar-refractivity contribution is -0.118. The molecule has 5 heteroatoms. The number of hydrogen-bond donors (Lipinski definition) is 2. The molecule has 62 valence electrons. The van der Waals surface area contributed by atoms with Crippen LogP contribution in [0.25, 0.3) is 0 Å². The van der Waals surface area contributed by atoms with Gasteiger partial charge in [0.2, 0.25) is 0 Å². The molecule has 0 atom stereocenters. The minimum Gasteiger partial charge on any atom is -0.465 e. The first-order chi connectivity index (χ1) is 5.08. The zero-order valence-corrected chi connectivity index (χ0v) is 5.71. The molecule has 0 bridgehead atoms. The summed E-state index contributed by atoms with van der Waals surface area (Å²) >= 11 is 0. The summed E-state index contributed by atoms with van der Waals surface area (Å²) in [5.74, 6) is 0. The summed E-state index contributed by atoms with van der Waals surface area (Å²) in [7, 11) is 0. The van der Waals surface area contributed by atoms with Gasteiger partial charge in [-0.1, -0.05) is 0 Å². The second kappa shape index (κ2) is 2.48. The molecule has 1 fully saturated rings. The van der Waals surface area contributed by atoms with Gasteiger partial charge in [-0.05, 0) is 0 Å². The number of alkyl halides is 1. The van der Waals surface area contributed by atoms with Gasteiger partial charge in [0.25, 0.3) is 0 Å². The summed E-state index contributed by atoms with van der Waals surface area (Å²) in [6, 6.07) is 0. The van der Waals surface area contributed by atoms with Gasteiger partial charge in [-0.25, -0.2) is 9.18 Å². The van der Waals surface area contributed by atoms with E-state index in [2.05, 4.69) is 0 Å². The van der Waals surface area contributed by atoms with Crippen LogP contribution in [0.3, 0.4) is 0 Å². The first kappa shape index (κ1) is 7.97. The summed E-state index contributed by atoms with van der Waals surface area (Å²) in [6.45, 7) is 0. The van der Waals surface area contributed by atoms with E-state index < -0.39 is 17.8 Å². The average Bonchev–Trinajstić information content (AvgIpc) is 1.82. The molecule has 0 unspecified atom stereocenters. The molecule has 1 aliphatic rings. The van der Waals surface area contributed by atoms with Gasteiger partial charge in [-0.15, -0.1) is 0 Å². The molecule has 1 saturated carbocycles. The van der Waals surface area contributed by atoms with Gasteiger partial charge in [-0.3, -0.25) is 0 Å². The van der Waals surface area contributed by atoms with Crippen molar-refractivity contribution in [1.29, 1.82) is 0 Å². The first-order valence-electron chi connectivity index (χ1n) is 3.19. The number of hydrogen-bond acceptors (Lipinski definition) is 2. The van der Waals surface area contributed by atoms with Crippen LogP contribution in [0.1, 0.15) is 12.8 Å². The van der Waals surface area contributed by atoms with Crippen molar-refractivity contribution in [2.75, 3.05) is 0 Å². The van der Waals surface area contributed by atoms with Crippen molar-refractivity contribution in [3.63, 3.8) is 0 Å². The fraction of sp³-hybridized carbons (Fsp3) is 0.667. The van der Waals surface area contributed by atoms with Crippen LogP contribution in [0, 0.1) is 0 Å². The van der Waals surface area contributed by atoms with Crippen molar-refractivity contribution in [3.05, 3.63) is 0 Å². The number of nitrogens with one attached hydrogen (secondary N) is 1. The van der Waals surface area contributed by atoms with Gasteiger partial charge in [0.05, 0.1) is 0 Å². The van der Waals surface area contributed by atoms with E-state index in [1.54, 1.807) is 0 Å². The Balaban J connectivity index is 2.50. The Bertz CT molecular complexity index is 188. The highest BCUT2D eigenvalue weighted by molar-refractivity contribution is 5.76. The number of amides is 1.